The lowest BCUT2D eigenvalue weighted by atomic mass is 9.61. The van der Waals surface area contributed by atoms with E-state index < -0.39 is 23.7 Å². The maximum absolute atomic E-state index is 12.5. The Kier molecular flexibility index (Phi) is 9.12. The van der Waals surface area contributed by atoms with Crippen LogP contribution >= 0.6 is 0 Å². The minimum Gasteiger partial charge on any atom is -0.462 e. The molecular weight excluding hydrogens is 452 g/mol. The molecule has 0 bridgehead atoms. The number of esters is 1. The van der Waals surface area contributed by atoms with Gasteiger partial charge in [0.25, 0.3) is 0 Å². The van der Waals surface area contributed by atoms with E-state index in [1.54, 1.807) is 19.9 Å². The standard InChI is InChI=1S/C31H48O5/c1-19(2)36-29(35)30(5,6)28(34)15-10-20(3)25-13-14-26-22(9-8-16-31(25,26)7)11-12-23-17-24(32)18-27(33)21(23)4/h10-12,15,19-20,24-28,32-34H,4,8-9,13-14,16-18H2,1-3,5-7H3/b15-10+,22-11+,23-12-/t20-,24-,25-,26+,27+,28-,31-/m1/s1. The van der Waals surface area contributed by atoms with Gasteiger partial charge in [-0.05, 0) is 101 Å². The lowest BCUT2D eigenvalue weighted by molar-refractivity contribution is -0.162. The first-order valence-electron chi connectivity index (χ1n) is 13.8. The van der Waals surface area contributed by atoms with Crippen LogP contribution in [0.25, 0.3) is 0 Å². The van der Waals surface area contributed by atoms with Gasteiger partial charge in [0.15, 0.2) is 0 Å². The van der Waals surface area contributed by atoms with Gasteiger partial charge in [0, 0.05) is 6.42 Å². The molecule has 7 atom stereocenters. The minimum atomic E-state index is -0.999. The van der Waals surface area contributed by atoms with Crippen molar-refractivity contribution in [3.8, 4) is 0 Å². The molecule has 0 heterocycles. The van der Waals surface area contributed by atoms with Crippen LogP contribution in [0.5, 0.6) is 0 Å². The normalized spacial score (nSPS) is 35.4. The van der Waals surface area contributed by atoms with Gasteiger partial charge in [-0.25, -0.2) is 0 Å². The van der Waals surface area contributed by atoms with Gasteiger partial charge in [0.05, 0.1) is 29.8 Å². The second-order valence-corrected chi connectivity index (χ2v) is 12.5. The van der Waals surface area contributed by atoms with Crippen molar-refractivity contribution in [2.75, 3.05) is 0 Å². The average Bonchev–Trinajstić information content (AvgIpc) is 3.15. The largest absolute Gasteiger partial charge is 0.462 e. The van der Waals surface area contributed by atoms with Gasteiger partial charge in [-0.3, -0.25) is 4.79 Å². The summed E-state index contributed by atoms with van der Waals surface area (Å²) in [5.41, 5.74) is 2.35. The fraction of sp³-hybridized carbons (Fsp3) is 0.710. The third kappa shape index (κ3) is 6.06. The topological polar surface area (TPSA) is 87.0 Å². The summed E-state index contributed by atoms with van der Waals surface area (Å²) in [4.78, 5) is 12.5. The van der Waals surface area contributed by atoms with Crippen molar-refractivity contribution in [3.05, 3.63) is 47.6 Å². The van der Waals surface area contributed by atoms with Crippen LogP contribution in [-0.2, 0) is 9.53 Å². The summed E-state index contributed by atoms with van der Waals surface area (Å²) in [5.74, 6) is 0.916. The van der Waals surface area contributed by atoms with Gasteiger partial charge in [0.1, 0.15) is 0 Å². The summed E-state index contributed by atoms with van der Waals surface area (Å²) in [6, 6.07) is 0. The summed E-state index contributed by atoms with van der Waals surface area (Å²) >= 11 is 0. The van der Waals surface area contributed by atoms with Gasteiger partial charge in [-0.15, -0.1) is 0 Å². The Balaban J connectivity index is 1.72. The van der Waals surface area contributed by atoms with Gasteiger partial charge in [0.2, 0.25) is 0 Å². The average molecular weight is 501 g/mol. The number of aliphatic hydroxyl groups excluding tert-OH is 3. The van der Waals surface area contributed by atoms with E-state index in [1.807, 2.05) is 13.8 Å². The van der Waals surface area contributed by atoms with E-state index in [4.69, 9.17) is 4.74 Å². The zero-order valence-electron chi connectivity index (χ0n) is 23.2. The number of hydrogen-bond acceptors (Lipinski definition) is 5. The Morgan fingerprint density at radius 1 is 1.17 bits per heavy atom. The SMILES string of the molecule is C=C1/C(=C\C=C2/CCC[C@]3(C)[C@@H]([C@H](C)/C=C/[C@@H](O)C(C)(C)C(=O)OC(C)C)CC[C@@H]23)C[C@@H](O)C[C@@H]1O. The molecule has 0 aromatic heterocycles. The van der Waals surface area contributed by atoms with E-state index >= 15 is 0 Å². The molecule has 0 spiro atoms. The number of hydrogen-bond donors (Lipinski definition) is 3. The van der Waals surface area contributed by atoms with Crippen molar-refractivity contribution in [3.63, 3.8) is 0 Å². The van der Waals surface area contributed by atoms with Crippen molar-refractivity contribution in [1.82, 2.24) is 0 Å². The summed E-state index contributed by atoms with van der Waals surface area (Å²) in [6.45, 7) is 15.8. The number of rotatable bonds is 7. The molecule has 36 heavy (non-hydrogen) atoms. The van der Waals surface area contributed by atoms with E-state index in [1.165, 1.54) is 12.0 Å². The van der Waals surface area contributed by atoms with Crippen molar-refractivity contribution >= 4 is 5.97 Å². The molecule has 0 unspecified atom stereocenters. The van der Waals surface area contributed by atoms with Gasteiger partial charge in [-0.2, -0.15) is 0 Å². The van der Waals surface area contributed by atoms with E-state index in [9.17, 15) is 20.1 Å². The second-order valence-electron chi connectivity index (χ2n) is 12.5. The molecule has 0 aromatic carbocycles. The highest BCUT2D eigenvalue weighted by Gasteiger charge is 2.50. The van der Waals surface area contributed by atoms with Gasteiger partial charge >= 0.3 is 5.97 Å². The van der Waals surface area contributed by atoms with E-state index in [0.717, 1.165) is 36.8 Å². The molecule has 3 N–H and O–H groups in total. The lowest BCUT2D eigenvalue weighted by Gasteiger charge is -2.44. The third-order valence-corrected chi connectivity index (χ3v) is 9.14. The van der Waals surface area contributed by atoms with E-state index in [0.29, 0.717) is 24.7 Å². The summed E-state index contributed by atoms with van der Waals surface area (Å²) < 4.78 is 5.35. The van der Waals surface area contributed by atoms with Crippen molar-refractivity contribution in [2.45, 2.75) is 111 Å². The highest BCUT2D eigenvalue weighted by atomic mass is 16.5. The second kappa shape index (κ2) is 11.4. The van der Waals surface area contributed by atoms with Crippen LogP contribution in [0.3, 0.4) is 0 Å². The summed E-state index contributed by atoms with van der Waals surface area (Å²) in [5, 5.41) is 31.1. The maximum Gasteiger partial charge on any atom is 0.314 e. The lowest BCUT2D eigenvalue weighted by Crippen LogP contribution is -2.39. The van der Waals surface area contributed by atoms with Crippen LogP contribution in [0, 0.1) is 28.6 Å². The first-order chi connectivity index (χ1) is 16.8. The molecule has 0 saturated heterocycles. The molecule has 202 valence electrons. The predicted molar refractivity (Wildman–Crippen MR) is 144 cm³/mol. The summed E-state index contributed by atoms with van der Waals surface area (Å²) in [6.07, 6.45) is 12.6. The Morgan fingerprint density at radius 3 is 2.53 bits per heavy atom. The third-order valence-electron chi connectivity index (χ3n) is 9.14. The fourth-order valence-corrected chi connectivity index (χ4v) is 6.75. The highest BCUT2D eigenvalue weighted by Crippen LogP contribution is 2.59. The number of allylic oxidation sites excluding steroid dienone is 4. The number of carbonyl (C=O) groups excluding carboxylic acids is 1. The fourth-order valence-electron chi connectivity index (χ4n) is 6.75. The molecule has 3 fully saturated rings. The van der Waals surface area contributed by atoms with E-state index in [2.05, 4.69) is 38.7 Å². The maximum atomic E-state index is 12.5. The zero-order valence-corrected chi connectivity index (χ0v) is 23.2. The predicted octanol–water partition coefficient (Wildman–Crippen LogP) is 5.66. The molecular formula is C31H48O5. The van der Waals surface area contributed by atoms with Crippen LogP contribution in [0.1, 0.15) is 86.5 Å². The molecule has 3 aliphatic carbocycles. The number of carbonyl (C=O) groups is 1. The molecule has 3 rings (SSSR count). The van der Waals surface area contributed by atoms with Gasteiger partial charge < -0.3 is 20.1 Å². The minimum absolute atomic E-state index is 0.186. The number of fused-ring (bicyclic) bond motifs is 1. The molecule has 0 aromatic rings. The molecule has 0 radical (unpaired) electrons. The summed E-state index contributed by atoms with van der Waals surface area (Å²) in [7, 11) is 0. The molecule has 5 nitrogen and oxygen atoms in total. The van der Waals surface area contributed by atoms with E-state index in [-0.39, 0.29) is 23.4 Å². The number of ether oxygens (including phenoxy) is 1. The van der Waals surface area contributed by atoms with Crippen LogP contribution in [0.2, 0.25) is 0 Å². The van der Waals surface area contributed by atoms with Crippen molar-refractivity contribution in [1.29, 1.82) is 0 Å². The first-order valence-corrected chi connectivity index (χ1v) is 13.8. The smallest absolute Gasteiger partial charge is 0.314 e. The Morgan fingerprint density at radius 2 is 1.86 bits per heavy atom. The molecule has 3 saturated carbocycles. The molecule has 0 amide bonds. The quantitative estimate of drug-likeness (QED) is 0.310. The van der Waals surface area contributed by atoms with Gasteiger partial charge in [-0.1, -0.05) is 50.3 Å². The van der Waals surface area contributed by atoms with Crippen LogP contribution < -0.4 is 0 Å². The molecule has 5 heteroatoms. The Hall–Kier alpha value is -1.69. The van der Waals surface area contributed by atoms with Crippen LogP contribution in [-0.4, -0.2) is 45.7 Å². The van der Waals surface area contributed by atoms with Crippen molar-refractivity contribution in [2.24, 2.45) is 28.6 Å². The first kappa shape index (κ1) is 28.9. The Labute approximate surface area is 218 Å². The van der Waals surface area contributed by atoms with Crippen LogP contribution in [0.15, 0.2) is 47.6 Å². The van der Waals surface area contributed by atoms with Crippen molar-refractivity contribution < 1.29 is 24.9 Å². The molecule has 3 aliphatic rings. The monoisotopic (exact) mass is 500 g/mol. The number of aliphatic hydroxyl groups is 3. The van der Waals surface area contributed by atoms with Crippen LogP contribution in [0.4, 0.5) is 0 Å². The zero-order chi connectivity index (χ0) is 26.8. The Bertz CT molecular complexity index is 910. The molecule has 0 aliphatic heterocycles. The highest BCUT2D eigenvalue weighted by molar-refractivity contribution is 5.77.